The maximum atomic E-state index is 5.78. The van der Waals surface area contributed by atoms with Gasteiger partial charge in [0.05, 0.1) is 0 Å². The first-order valence-electron chi connectivity index (χ1n) is 5.16. The third-order valence-electron chi connectivity index (χ3n) is 2.72. The van der Waals surface area contributed by atoms with E-state index in [-0.39, 0.29) is 0 Å². The van der Waals surface area contributed by atoms with E-state index in [1.807, 2.05) is 0 Å². The van der Waals surface area contributed by atoms with Crippen LogP contribution >= 0.6 is 0 Å². The normalized spacial score (nSPS) is 13.2. The van der Waals surface area contributed by atoms with Crippen molar-refractivity contribution in [1.29, 1.82) is 0 Å². The molecule has 0 fully saturated rings. The summed E-state index contributed by atoms with van der Waals surface area (Å²) in [5.74, 6) is 0. The summed E-state index contributed by atoms with van der Waals surface area (Å²) in [5, 5.41) is 0. The van der Waals surface area contributed by atoms with Gasteiger partial charge in [-0.2, -0.15) is 0 Å². The molecule has 2 heteroatoms. The maximum Gasteiger partial charge on any atom is 0.0467 e. The van der Waals surface area contributed by atoms with Crippen LogP contribution in [0.3, 0.4) is 0 Å². The fourth-order valence-corrected chi connectivity index (χ4v) is 1.58. The molecule has 1 aromatic carbocycles. The molecule has 0 aromatic heterocycles. The molecule has 2 nitrogen and oxygen atoms in total. The Morgan fingerprint density at radius 3 is 2.29 bits per heavy atom. The van der Waals surface area contributed by atoms with Crippen LogP contribution in [0.15, 0.2) is 24.3 Å². The van der Waals surface area contributed by atoms with Crippen molar-refractivity contribution < 1.29 is 0 Å². The third kappa shape index (κ3) is 2.56. The molecule has 0 saturated carbocycles. The molecule has 0 aliphatic heterocycles. The van der Waals surface area contributed by atoms with Crippen molar-refractivity contribution in [3.63, 3.8) is 0 Å². The summed E-state index contributed by atoms with van der Waals surface area (Å²) in [7, 11) is 2.11. The van der Waals surface area contributed by atoms with Gasteiger partial charge in [0, 0.05) is 12.6 Å². The van der Waals surface area contributed by atoms with E-state index in [1.54, 1.807) is 0 Å². The monoisotopic (exact) mass is 192 g/mol. The van der Waals surface area contributed by atoms with Crippen molar-refractivity contribution in [3.8, 4) is 0 Å². The minimum Gasteiger partial charge on any atom is -0.329 e. The first-order chi connectivity index (χ1) is 6.69. The Morgan fingerprint density at radius 2 is 1.86 bits per heavy atom. The minimum atomic E-state index is 0.348. The molecule has 1 atom stereocenters. The van der Waals surface area contributed by atoms with Gasteiger partial charge in [-0.05, 0) is 26.1 Å². The third-order valence-corrected chi connectivity index (χ3v) is 2.72. The highest BCUT2D eigenvalue weighted by molar-refractivity contribution is 5.24. The molecule has 0 aliphatic carbocycles. The standard InChI is InChI=1S/C12H20N2/c1-4-14(3)12(9-13)11-7-5-10(2)6-8-11/h5-8,12H,4,9,13H2,1-3H3. The van der Waals surface area contributed by atoms with Gasteiger partial charge >= 0.3 is 0 Å². The summed E-state index contributed by atoms with van der Waals surface area (Å²) in [5.41, 5.74) is 8.38. The fraction of sp³-hybridized carbons (Fsp3) is 0.500. The summed E-state index contributed by atoms with van der Waals surface area (Å²) < 4.78 is 0. The smallest absolute Gasteiger partial charge is 0.0467 e. The predicted molar refractivity (Wildman–Crippen MR) is 61.3 cm³/mol. The Hall–Kier alpha value is -0.860. The molecule has 0 bridgehead atoms. The average Bonchev–Trinajstić information content (AvgIpc) is 2.21. The molecule has 0 amide bonds. The Kier molecular flexibility index (Phi) is 4.11. The number of benzene rings is 1. The molecule has 1 rings (SSSR count). The van der Waals surface area contributed by atoms with Gasteiger partial charge in [-0.15, -0.1) is 0 Å². The van der Waals surface area contributed by atoms with Gasteiger partial charge in [-0.25, -0.2) is 0 Å². The van der Waals surface area contributed by atoms with Crippen molar-refractivity contribution in [3.05, 3.63) is 35.4 Å². The van der Waals surface area contributed by atoms with Crippen LogP contribution in [-0.2, 0) is 0 Å². The number of likely N-dealkylation sites (N-methyl/N-ethyl adjacent to an activating group) is 1. The SMILES string of the molecule is CCN(C)C(CN)c1ccc(C)cc1. The van der Waals surface area contributed by atoms with Crippen molar-refractivity contribution in [2.75, 3.05) is 20.1 Å². The Bertz CT molecular complexity index is 266. The molecular weight excluding hydrogens is 172 g/mol. The highest BCUT2D eigenvalue weighted by Crippen LogP contribution is 2.18. The van der Waals surface area contributed by atoms with Gasteiger partial charge in [0.25, 0.3) is 0 Å². The zero-order valence-corrected chi connectivity index (χ0v) is 9.33. The zero-order valence-electron chi connectivity index (χ0n) is 9.33. The summed E-state index contributed by atoms with van der Waals surface area (Å²) in [6.45, 7) is 5.95. The molecule has 2 N–H and O–H groups in total. The predicted octanol–water partition coefficient (Wildman–Crippen LogP) is 1.95. The van der Waals surface area contributed by atoms with E-state index < -0.39 is 0 Å². The topological polar surface area (TPSA) is 29.3 Å². The fourth-order valence-electron chi connectivity index (χ4n) is 1.58. The Balaban J connectivity index is 2.84. The minimum absolute atomic E-state index is 0.348. The maximum absolute atomic E-state index is 5.78. The van der Waals surface area contributed by atoms with Gasteiger partial charge in [0.1, 0.15) is 0 Å². The number of hydrogen-bond acceptors (Lipinski definition) is 2. The van der Waals surface area contributed by atoms with E-state index >= 15 is 0 Å². The second kappa shape index (κ2) is 5.13. The molecule has 78 valence electrons. The molecule has 1 aromatic rings. The van der Waals surface area contributed by atoms with Crippen LogP contribution < -0.4 is 5.73 Å². The summed E-state index contributed by atoms with van der Waals surface area (Å²) in [6.07, 6.45) is 0. The quantitative estimate of drug-likeness (QED) is 0.790. The lowest BCUT2D eigenvalue weighted by atomic mass is 10.0. The van der Waals surface area contributed by atoms with Crippen molar-refractivity contribution in [2.45, 2.75) is 19.9 Å². The molecule has 0 radical (unpaired) electrons. The van der Waals surface area contributed by atoms with Crippen molar-refractivity contribution in [2.24, 2.45) is 5.73 Å². The Labute approximate surface area is 86.7 Å². The largest absolute Gasteiger partial charge is 0.329 e. The zero-order chi connectivity index (χ0) is 10.6. The van der Waals surface area contributed by atoms with Crippen LogP contribution in [0.2, 0.25) is 0 Å². The highest BCUT2D eigenvalue weighted by atomic mass is 15.1. The second-order valence-electron chi connectivity index (χ2n) is 3.74. The average molecular weight is 192 g/mol. The van der Waals surface area contributed by atoms with E-state index in [9.17, 15) is 0 Å². The van der Waals surface area contributed by atoms with Crippen LogP contribution in [0, 0.1) is 6.92 Å². The number of nitrogens with two attached hydrogens (primary N) is 1. The van der Waals surface area contributed by atoms with Gasteiger partial charge in [-0.1, -0.05) is 36.8 Å². The summed E-state index contributed by atoms with van der Waals surface area (Å²) >= 11 is 0. The van der Waals surface area contributed by atoms with E-state index in [4.69, 9.17) is 5.73 Å². The van der Waals surface area contributed by atoms with E-state index in [1.165, 1.54) is 11.1 Å². The first-order valence-corrected chi connectivity index (χ1v) is 5.16. The van der Waals surface area contributed by atoms with Crippen molar-refractivity contribution in [1.82, 2.24) is 4.90 Å². The number of nitrogens with zero attached hydrogens (tertiary/aromatic N) is 1. The van der Waals surface area contributed by atoms with Crippen LogP contribution in [0.5, 0.6) is 0 Å². The summed E-state index contributed by atoms with van der Waals surface area (Å²) in [4.78, 5) is 2.27. The van der Waals surface area contributed by atoms with Crippen LogP contribution in [0.1, 0.15) is 24.1 Å². The van der Waals surface area contributed by atoms with Crippen LogP contribution in [0.4, 0.5) is 0 Å². The van der Waals surface area contributed by atoms with Gasteiger partial charge in [0.15, 0.2) is 0 Å². The first kappa shape index (κ1) is 11.2. The molecule has 14 heavy (non-hydrogen) atoms. The van der Waals surface area contributed by atoms with E-state index in [0.29, 0.717) is 12.6 Å². The van der Waals surface area contributed by atoms with Gasteiger partial charge in [0.2, 0.25) is 0 Å². The number of hydrogen-bond donors (Lipinski definition) is 1. The molecule has 1 unspecified atom stereocenters. The number of aryl methyl sites for hydroxylation is 1. The second-order valence-corrected chi connectivity index (χ2v) is 3.74. The van der Waals surface area contributed by atoms with E-state index in [0.717, 1.165) is 6.54 Å². The lowest BCUT2D eigenvalue weighted by molar-refractivity contribution is 0.263. The summed E-state index contributed by atoms with van der Waals surface area (Å²) in [6, 6.07) is 8.96. The van der Waals surface area contributed by atoms with Crippen LogP contribution in [0.25, 0.3) is 0 Å². The molecule has 0 saturated heterocycles. The molecule has 0 aliphatic rings. The lowest BCUT2D eigenvalue weighted by Crippen LogP contribution is -2.30. The molecular formula is C12H20N2. The van der Waals surface area contributed by atoms with E-state index in [2.05, 4.69) is 50.1 Å². The number of rotatable bonds is 4. The van der Waals surface area contributed by atoms with Gasteiger partial charge < -0.3 is 5.73 Å². The lowest BCUT2D eigenvalue weighted by Gasteiger charge is -2.26. The molecule has 0 heterocycles. The van der Waals surface area contributed by atoms with Gasteiger partial charge in [-0.3, -0.25) is 4.90 Å². The molecule has 0 spiro atoms. The van der Waals surface area contributed by atoms with Crippen molar-refractivity contribution >= 4 is 0 Å². The Morgan fingerprint density at radius 1 is 1.29 bits per heavy atom. The van der Waals surface area contributed by atoms with Crippen LogP contribution in [-0.4, -0.2) is 25.0 Å². The highest BCUT2D eigenvalue weighted by Gasteiger charge is 2.12.